The number of carbonyl (C=O) groups is 3. The lowest BCUT2D eigenvalue weighted by molar-refractivity contribution is -0.144. The van der Waals surface area contributed by atoms with E-state index in [1.807, 2.05) is 0 Å². The fourth-order valence-electron chi connectivity index (χ4n) is 4.59. The molecular weight excluding hydrogens is 528 g/mol. The zero-order valence-electron chi connectivity index (χ0n) is 28.9. The van der Waals surface area contributed by atoms with Crippen LogP contribution in [0.5, 0.6) is 0 Å². The van der Waals surface area contributed by atoms with E-state index in [9.17, 15) is 14.4 Å². The van der Waals surface area contributed by atoms with E-state index in [0.717, 1.165) is 89.9 Å². The molecule has 0 saturated heterocycles. The molecule has 2 N–H and O–H groups in total. The van der Waals surface area contributed by atoms with E-state index in [-0.39, 0.29) is 17.8 Å². The summed E-state index contributed by atoms with van der Waals surface area (Å²) in [6.45, 7) is 13.4. The maximum Gasteiger partial charge on any atom is 0.306 e. The van der Waals surface area contributed by atoms with Crippen LogP contribution < -0.4 is 0 Å². The van der Waals surface area contributed by atoms with Crippen molar-refractivity contribution in [1.29, 1.82) is 0 Å². The summed E-state index contributed by atoms with van der Waals surface area (Å²) < 4.78 is 5.02. The van der Waals surface area contributed by atoms with Gasteiger partial charge in [-0.05, 0) is 38.5 Å². The third-order valence-corrected chi connectivity index (χ3v) is 7.57. The minimum Gasteiger partial charge on any atom is -0.481 e. The number of hydrogen-bond donors (Lipinski definition) is 2. The van der Waals surface area contributed by atoms with E-state index < -0.39 is 11.9 Å². The van der Waals surface area contributed by atoms with Gasteiger partial charge in [0.25, 0.3) is 0 Å². The molecule has 42 heavy (non-hydrogen) atoms. The Bertz CT molecular complexity index is 577. The molecule has 6 heteroatoms. The molecule has 0 amide bonds. The van der Waals surface area contributed by atoms with E-state index >= 15 is 0 Å². The van der Waals surface area contributed by atoms with Crippen LogP contribution in [-0.4, -0.2) is 34.7 Å². The number of aliphatic carboxylic acids is 2. The van der Waals surface area contributed by atoms with Crippen molar-refractivity contribution in [3.05, 3.63) is 0 Å². The summed E-state index contributed by atoms with van der Waals surface area (Å²) in [4.78, 5) is 32.9. The van der Waals surface area contributed by atoms with Crippen molar-refractivity contribution in [3.63, 3.8) is 0 Å². The van der Waals surface area contributed by atoms with Crippen molar-refractivity contribution < 1.29 is 29.3 Å². The second-order valence-corrected chi connectivity index (χ2v) is 11.8. The molecule has 0 rings (SSSR count). The lowest BCUT2D eigenvalue weighted by atomic mass is 9.95. The Balaban J connectivity index is -0.000000545. The van der Waals surface area contributed by atoms with Gasteiger partial charge in [-0.25, -0.2) is 0 Å². The number of carbonyl (C=O) groups excluding carboxylic acids is 1. The van der Waals surface area contributed by atoms with Crippen LogP contribution in [0.4, 0.5) is 0 Å². The highest BCUT2D eigenvalue weighted by molar-refractivity contribution is 5.70. The molecule has 0 aromatic rings. The standard InChI is InChI=1S/C13H26O2.C12H24O2.C11H22O2/c1-3-5-7-8-9-11-12(13(14)15)10-6-4-2;1-3-5-7-8-10-11(12(13)14)9-6-4-2;1-3-5-7-8-9-11(12)13-10-6-4-2/h12H,3-11H2,1-2H3,(H,14,15);11H,3-10H2,1-2H3,(H,13,14);3-10H2,1-2H3. The van der Waals surface area contributed by atoms with Gasteiger partial charge in [0.2, 0.25) is 0 Å². The van der Waals surface area contributed by atoms with Gasteiger partial charge in [-0.15, -0.1) is 0 Å². The van der Waals surface area contributed by atoms with Crippen LogP contribution in [0.2, 0.25) is 0 Å². The van der Waals surface area contributed by atoms with Crippen LogP contribution in [-0.2, 0) is 19.1 Å². The lowest BCUT2D eigenvalue weighted by Crippen LogP contribution is -2.13. The van der Waals surface area contributed by atoms with Crippen LogP contribution >= 0.6 is 0 Å². The quantitative estimate of drug-likeness (QED) is 0.0718. The number of esters is 1. The van der Waals surface area contributed by atoms with Crippen molar-refractivity contribution in [2.75, 3.05) is 6.61 Å². The number of carboxylic acids is 2. The van der Waals surface area contributed by atoms with Gasteiger partial charge < -0.3 is 14.9 Å². The van der Waals surface area contributed by atoms with E-state index in [2.05, 4.69) is 41.5 Å². The van der Waals surface area contributed by atoms with Crippen LogP contribution in [0.25, 0.3) is 0 Å². The molecule has 0 saturated carbocycles. The predicted octanol–water partition coefficient (Wildman–Crippen LogP) is 11.4. The minimum absolute atomic E-state index is 0.0236. The van der Waals surface area contributed by atoms with E-state index in [1.54, 1.807) is 0 Å². The zero-order chi connectivity index (χ0) is 32.3. The summed E-state index contributed by atoms with van der Waals surface area (Å²) >= 11 is 0. The minimum atomic E-state index is -0.602. The second-order valence-electron chi connectivity index (χ2n) is 11.8. The van der Waals surface area contributed by atoms with Crippen molar-refractivity contribution in [1.82, 2.24) is 0 Å². The van der Waals surface area contributed by atoms with Crippen molar-refractivity contribution in [2.45, 2.75) is 196 Å². The molecule has 0 spiro atoms. The number of ether oxygens (including phenoxy) is 1. The molecule has 2 unspecified atom stereocenters. The summed E-state index contributed by atoms with van der Waals surface area (Å²) in [5, 5.41) is 18.0. The van der Waals surface area contributed by atoms with Gasteiger partial charge >= 0.3 is 17.9 Å². The van der Waals surface area contributed by atoms with Crippen molar-refractivity contribution in [3.8, 4) is 0 Å². The molecular formula is C36H72O6. The molecule has 252 valence electrons. The average molecular weight is 601 g/mol. The highest BCUT2D eigenvalue weighted by atomic mass is 16.5. The average Bonchev–Trinajstić information content (AvgIpc) is 2.97. The number of unbranched alkanes of at least 4 members (excludes halogenated alkanes) is 13. The fourth-order valence-corrected chi connectivity index (χ4v) is 4.59. The van der Waals surface area contributed by atoms with Gasteiger partial charge in [0.1, 0.15) is 0 Å². The molecule has 0 aromatic heterocycles. The summed E-state index contributed by atoms with van der Waals surface area (Å²) in [7, 11) is 0. The SMILES string of the molecule is CCCCCCC(=O)OCCCC.CCCCCCC(CCCC)C(=O)O.CCCCCCCC(CCCC)C(=O)O. The van der Waals surface area contributed by atoms with Gasteiger partial charge in [-0.1, -0.05) is 151 Å². The summed E-state index contributed by atoms with van der Waals surface area (Å²) in [5.74, 6) is -1.41. The molecule has 0 bridgehead atoms. The Morgan fingerprint density at radius 3 is 1.17 bits per heavy atom. The van der Waals surface area contributed by atoms with Crippen LogP contribution in [0.3, 0.4) is 0 Å². The smallest absolute Gasteiger partial charge is 0.306 e. The summed E-state index contributed by atoms with van der Waals surface area (Å²) in [5.41, 5.74) is 0. The zero-order valence-corrected chi connectivity index (χ0v) is 28.9. The molecule has 0 fully saturated rings. The Morgan fingerprint density at radius 2 is 0.786 bits per heavy atom. The van der Waals surface area contributed by atoms with Crippen LogP contribution in [0, 0.1) is 11.8 Å². The van der Waals surface area contributed by atoms with E-state index in [4.69, 9.17) is 14.9 Å². The molecule has 0 heterocycles. The highest BCUT2D eigenvalue weighted by Gasteiger charge is 2.16. The Morgan fingerprint density at radius 1 is 0.452 bits per heavy atom. The van der Waals surface area contributed by atoms with Crippen molar-refractivity contribution in [2.24, 2.45) is 11.8 Å². The number of carboxylic acid groups (broad SMARTS) is 2. The van der Waals surface area contributed by atoms with Crippen LogP contribution in [0.1, 0.15) is 196 Å². The molecule has 2 atom stereocenters. The molecule has 0 aromatic carbocycles. The largest absolute Gasteiger partial charge is 0.481 e. The molecule has 0 radical (unpaired) electrons. The fraction of sp³-hybridized carbons (Fsp3) is 0.917. The molecule has 6 nitrogen and oxygen atoms in total. The molecule has 0 aliphatic heterocycles. The van der Waals surface area contributed by atoms with Gasteiger partial charge in [-0.3, -0.25) is 14.4 Å². The number of rotatable bonds is 27. The first kappa shape index (κ1) is 44.8. The van der Waals surface area contributed by atoms with E-state index in [1.165, 1.54) is 57.8 Å². The van der Waals surface area contributed by atoms with Gasteiger partial charge in [0, 0.05) is 6.42 Å². The first-order valence-corrected chi connectivity index (χ1v) is 17.9. The van der Waals surface area contributed by atoms with E-state index in [0.29, 0.717) is 13.0 Å². The maximum atomic E-state index is 11.1. The monoisotopic (exact) mass is 601 g/mol. The van der Waals surface area contributed by atoms with Crippen molar-refractivity contribution >= 4 is 17.9 Å². The summed E-state index contributed by atoms with van der Waals surface area (Å²) in [6.07, 6.45) is 25.8. The number of hydrogen-bond acceptors (Lipinski definition) is 4. The predicted molar refractivity (Wildman–Crippen MR) is 178 cm³/mol. The van der Waals surface area contributed by atoms with Gasteiger partial charge in [0.05, 0.1) is 18.4 Å². The summed E-state index contributed by atoms with van der Waals surface area (Å²) in [6, 6.07) is 0. The second kappa shape index (κ2) is 37.4. The topological polar surface area (TPSA) is 101 Å². The molecule has 0 aliphatic carbocycles. The van der Waals surface area contributed by atoms with Crippen LogP contribution in [0.15, 0.2) is 0 Å². The highest BCUT2D eigenvalue weighted by Crippen LogP contribution is 2.18. The Hall–Kier alpha value is -1.59. The lowest BCUT2D eigenvalue weighted by Gasteiger charge is -2.11. The maximum absolute atomic E-state index is 11.1. The third-order valence-electron chi connectivity index (χ3n) is 7.57. The molecule has 0 aliphatic rings. The Labute approximate surface area is 261 Å². The third kappa shape index (κ3) is 36.4. The van der Waals surface area contributed by atoms with Gasteiger partial charge in [-0.2, -0.15) is 0 Å². The van der Waals surface area contributed by atoms with Gasteiger partial charge in [0.15, 0.2) is 0 Å². The Kier molecular flexibility index (Phi) is 40.0. The first-order chi connectivity index (χ1) is 20.2. The first-order valence-electron chi connectivity index (χ1n) is 17.9. The normalized spacial score (nSPS) is 11.9.